The SMILES string of the molecule is CC1(CN)CCCN(c2n[nH]c(CC(F)(F)F)n2)C1. The molecule has 1 atom stereocenters. The summed E-state index contributed by atoms with van der Waals surface area (Å²) in [6, 6.07) is 0. The van der Waals surface area contributed by atoms with Crippen LogP contribution >= 0.6 is 0 Å². The minimum atomic E-state index is -4.27. The number of hydrogen-bond donors (Lipinski definition) is 2. The molecule has 1 unspecified atom stereocenters. The van der Waals surface area contributed by atoms with Gasteiger partial charge in [0, 0.05) is 13.1 Å². The van der Waals surface area contributed by atoms with E-state index in [9.17, 15) is 13.2 Å². The first kappa shape index (κ1) is 14.1. The highest BCUT2D eigenvalue weighted by Gasteiger charge is 2.33. The van der Waals surface area contributed by atoms with Gasteiger partial charge in [-0.05, 0) is 24.8 Å². The van der Waals surface area contributed by atoms with Gasteiger partial charge in [-0.2, -0.15) is 18.2 Å². The number of aromatic nitrogens is 3. The van der Waals surface area contributed by atoms with Crippen LogP contribution in [0.1, 0.15) is 25.6 Å². The molecular formula is C11H18F3N5. The second-order valence-electron chi connectivity index (χ2n) is 5.41. The number of anilines is 1. The third-order valence-corrected chi connectivity index (χ3v) is 3.44. The molecule has 1 aromatic rings. The predicted molar refractivity (Wildman–Crippen MR) is 64.8 cm³/mol. The van der Waals surface area contributed by atoms with Crippen LogP contribution < -0.4 is 10.6 Å². The molecule has 1 aliphatic heterocycles. The summed E-state index contributed by atoms with van der Waals surface area (Å²) in [7, 11) is 0. The van der Waals surface area contributed by atoms with Crippen molar-refractivity contribution in [3.63, 3.8) is 0 Å². The second kappa shape index (κ2) is 4.99. The standard InChI is InChI=1S/C11H18F3N5/c1-10(6-15)3-2-4-19(7-10)9-16-8(17-18-9)5-11(12,13)14/h2-7,15H2,1H3,(H,16,17,18). The number of halogens is 3. The van der Waals surface area contributed by atoms with Crippen molar-refractivity contribution in [2.24, 2.45) is 11.1 Å². The Labute approximate surface area is 109 Å². The van der Waals surface area contributed by atoms with Crippen molar-refractivity contribution in [2.45, 2.75) is 32.4 Å². The molecule has 5 nitrogen and oxygen atoms in total. The molecule has 2 rings (SSSR count). The molecule has 0 saturated carbocycles. The van der Waals surface area contributed by atoms with Gasteiger partial charge in [-0.1, -0.05) is 6.92 Å². The third-order valence-electron chi connectivity index (χ3n) is 3.44. The highest BCUT2D eigenvalue weighted by Crippen LogP contribution is 2.30. The molecule has 3 N–H and O–H groups in total. The molecule has 1 aromatic heterocycles. The summed E-state index contributed by atoms with van der Waals surface area (Å²) in [5.74, 6) is 0.182. The Kier molecular flexibility index (Phi) is 3.71. The van der Waals surface area contributed by atoms with Crippen molar-refractivity contribution >= 4 is 5.95 Å². The molecule has 0 spiro atoms. The van der Waals surface area contributed by atoms with E-state index >= 15 is 0 Å². The van der Waals surface area contributed by atoms with E-state index in [1.165, 1.54) is 0 Å². The molecular weight excluding hydrogens is 259 g/mol. The van der Waals surface area contributed by atoms with Gasteiger partial charge in [-0.3, -0.25) is 5.10 Å². The van der Waals surface area contributed by atoms with E-state index in [0.717, 1.165) is 19.4 Å². The van der Waals surface area contributed by atoms with Crippen molar-refractivity contribution in [1.29, 1.82) is 0 Å². The number of piperidine rings is 1. The van der Waals surface area contributed by atoms with Gasteiger partial charge in [-0.25, -0.2) is 0 Å². The van der Waals surface area contributed by atoms with Gasteiger partial charge in [0.05, 0.1) is 0 Å². The number of nitrogens with two attached hydrogens (primary N) is 1. The molecule has 0 aromatic carbocycles. The van der Waals surface area contributed by atoms with E-state index < -0.39 is 12.6 Å². The van der Waals surface area contributed by atoms with Gasteiger partial charge in [0.2, 0.25) is 5.95 Å². The lowest BCUT2D eigenvalue weighted by Gasteiger charge is -2.39. The van der Waals surface area contributed by atoms with E-state index in [4.69, 9.17) is 5.73 Å². The van der Waals surface area contributed by atoms with E-state index in [1.54, 1.807) is 0 Å². The fourth-order valence-electron chi connectivity index (χ4n) is 2.35. The molecule has 8 heteroatoms. The maximum atomic E-state index is 12.3. The molecule has 1 fully saturated rings. The van der Waals surface area contributed by atoms with Crippen LogP contribution in [0.25, 0.3) is 0 Å². The van der Waals surface area contributed by atoms with Crippen molar-refractivity contribution < 1.29 is 13.2 Å². The average Bonchev–Trinajstić information content (AvgIpc) is 2.75. The zero-order chi connectivity index (χ0) is 14.1. The van der Waals surface area contributed by atoms with Crippen molar-refractivity contribution in [1.82, 2.24) is 15.2 Å². The normalized spacial score (nSPS) is 24.8. The smallest absolute Gasteiger partial charge is 0.339 e. The first-order chi connectivity index (χ1) is 8.81. The molecule has 0 radical (unpaired) electrons. The Balaban J connectivity index is 2.06. The summed E-state index contributed by atoms with van der Waals surface area (Å²) in [5.41, 5.74) is 5.72. The minimum absolute atomic E-state index is 0.0247. The van der Waals surface area contributed by atoms with E-state index in [0.29, 0.717) is 19.0 Å². The Morgan fingerprint density at radius 2 is 2.21 bits per heavy atom. The predicted octanol–water partition coefficient (Wildman–Crippen LogP) is 1.47. The molecule has 2 heterocycles. The monoisotopic (exact) mass is 277 g/mol. The second-order valence-corrected chi connectivity index (χ2v) is 5.41. The lowest BCUT2D eigenvalue weighted by molar-refractivity contribution is -0.128. The van der Waals surface area contributed by atoms with Gasteiger partial charge >= 0.3 is 6.18 Å². The molecule has 0 aliphatic carbocycles. The van der Waals surface area contributed by atoms with E-state index in [2.05, 4.69) is 22.1 Å². The number of nitrogens with one attached hydrogen (secondary N) is 1. The number of alkyl halides is 3. The Morgan fingerprint density at radius 1 is 1.47 bits per heavy atom. The van der Waals surface area contributed by atoms with E-state index in [-0.39, 0.29) is 11.2 Å². The van der Waals surface area contributed by atoms with Crippen LogP contribution in [0, 0.1) is 5.41 Å². The summed E-state index contributed by atoms with van der Waals surface area (Å²) in [6.45, 7) is 4.04. The third kappa shape index (κ3) is 3.59. The van der Waals surface area contributed by atoms with Crippen LogP contribution in [0.4, 0.5) is 19.1 Å². The van der Waals surface area contributed by atoms with Crippen molar-refractivity contribution in [3.8, 4) is 0 Å². The first-order valence-electron chi connectivity index (χ1n) is 6.24. The van der Waals surface area contributed by atoms with Gasteiger partial charge in [0.15, 0.2) is 0 Å². The van der Waals surface area contributed by atoms with Gasteiger partial charge in [-0.15, -0.1) is 5.10 Å². The van der Waals surface area contributed by atoms with Gasteiger partial charge in [0.25, 0.3) is 0 Å². The molecule has 108 valence electrons. The molecule has 1 saturated heterocycles. The first-order valence-corrected chi connectivity index (χ1v) is 6.24. The number of aromatic amines is 1. The highest BCUT2D eigenvalue weighted by molar-refractivity contribution is 5.30. The van der Waals surface area contributed by atoms with Crippen LogP contribution in [-0.4, -0.2) is 41.0 Å². The van der Waals surface area contributed by atoms with Gasteiger partial charge in [0.1, 0.15) is 12.2 Å². The Hall–Kier alpha value is -1.31. The summed E-state index contributed by atoms with van der Waals surface area (Å²) in [5, 5.41) is 6.22. The summed E-state index contributed by atoms with van der Waals surface area (Å²) in [4.78, 5) is 5.81. The van der Waals surface area contributed by atoms with Crippen molar-refractivity contribution in [3.05, 3.63) is 5.82 Å². The molecule has 19 heavy (non-hydrogen) atoms. The lowest BCUT2D eigenvalue weighted by Crippen LogP contribution is -2.46. The van der Waals surface area contributed by atoms with E-state index in [1.807, 2.05) is 4.90 Å². The van der Waals surface area contributed by atoms with Crippen LogP contribution in [-0.2, 0) is 6.42 Å². The molecule has 0 bridgehead atoms. The number of nitrogens with zero attached hydrogens (tertiary/aromatic N) is 3. The maximum absolute atomic E-state index is 12.3. The fraction of sp³-hybridized carbons (Fsp3) is 0.818. The lowest BCUT2D eigenvalue weighted by atomic mass is 9.82. The minimum Gasteiger partial charge on any atom is -0.339 e. The number of H-pyrrole nitrogens is 1. The Bertz CT molecular complexity index is 430. The quantitative estimate of drug-likeness (QED) is 0.878. The topological polar surface area (TPSA) is 70.8 Å². The van der Waals surface area contributed by atoms with Crippen molar-refractivity contribution in [2.75, 3.05) is 24.5 Å². The Morgan fingerprint density at radius 3 is 2.84 bits per heavy atom. The molecule has 0 amide bonds. The summed E-state index contributed by atoms with van der Waals surface area (Å²) in [6.07, 6.45) is -3.40. The fourth-order valence-corrected chi connectivity index (χ4v) is 2.35. The highest BCUT2D eigenvalue weighted by atomic mass is 19.4. The largest absolute Gasteiger partial charge is 0.396 e. The zero-order valence-corrected chi connectivity index (χ0v) is 10.8. The molecule has 1 aliphatic rings. The summed E-state index contributed by atoms with van der Waals surface area (Å²) < 4.78 is 36.8. The maximum Gasteiger partial charge on any atom is 0.396 e. The summed E-state index contributed by atoms with van der Waals surface area (Å²) >= 11 is 0. The van der Waals surface area contributed by atoms with Crippen LogP contribution in [0.5, 0.6) is 0 Å². The van der Waals surface area contributed by atoms with Crippen LogP contribution in [0.2, 0.25) is 0 Å². The van der Waals surface area contributed by atoms with Crippen LogP contribution in [0.3, 0.4) is 0 Å². The van der Waals surface area contributed by atoms with Crippen LogP contribution in [0.15, 0.2) is 0 Å². The number of rotatable bonds is 3. The van der Waals surface area contributed by atoms with Gasteiger partial charge < -0.3 is 10.6 Å². The number of hydrogen-bond acceptors (Lipinski definition) is 4. The zero-order valence-electron chi connectivity index (χ0n) is 10.8. The average molecular weight is 277 g/mol.